The molecule has 3 heteroatoms. The van der Waals surface area contributed by atoms with Gasteiger partial charge >= 0.3 is 51.5 Å². The van der Waals surface area contributed by atoms with Crippen molar-refractivity contribution in [1.82, 2.24) is 0 Å². The van der Waals surface area contributed by atoms with Crippen molar-refractivity contribution in [2.24, 2.45) is 0 Å². The van der Waals surface area contributed by atoms with Gasteiger partial charge < -0.3 is 5.11 Å². The predicted octanol–water partition coefficient (Wildman–Crippen LogP) is 5.03. The molecule has 0 aliphatic heterocycles. The molecule has 2 nitrogen and oxygen atoms in total. The van der Waals surface area contributed by atoms with Gasteiger partial charge in [0.15, 0.2) is 0 Å². The fourth-order valence-corrected chi connectivity index (χ4v) is 2.47. The van der Waals surface area contributed by atoms with Crippen LogP contribution in [0.2, 0.25) is 0 Å². The summed E-state index contributed by atoms with van der Waals surface area (Å²) in [5, 5.41) is 8.50. The van der Waals surface area contributed by atoms with Gasteiger partial charge in [0, 0.05) is 6.42 Å². The van der Waals surface area contributed by atoms with Crippen LogP contribution < -0.4 is 0 Å². The second kappa shape index (κ2) is 20.0. The van der Waals surface area contributed by atoms with Crippen LogP contribution in [0.4, 0.5) is 0 Å². The van der Waals surface area contributed by atoms with Gasteiger partial charge in [0.25, 0.3) is 0 Å². The number of carbonyl (C=O) groups is 1. The van der Waals surface area contributed by atoms with Crippen molar-refractivity contribution in [3.8, 4) is 0 Å². The summed E-state index contributed by atoms with van der Waals surface area (Å²) in [5.74, 6) is -0.654. The first-order valence-electron chi connectivity index (χ1n) is 8.49. The summed E-state index contributed by atoms with van der Waals surface area (Å²) in [4.78, 5) is 10.3. The van der Waals surface area contributed by atoms with Gasteiger partial charge in [-0.05, 0) is 6.42 Å². The summed E-state index contributed by atoms with van der Waals surface area (Å²) in [6.07, 6.45) is 18.7. The van der Waals surface area contributed by atoms with E-state index in [1.54, 1.807) is 0 Å². The number of hydrogen-bond acceptors (Lipinski definition) is 1. The molecule has 0 heterocycles. The number of aliphatic carboxylic acids is 1. The average Bonchev–Trinajstić information content (AvgIpc) is 2.39. The Bertz CT molecular complexity index is 195. The topological polar surface area (TPSA) is 37.3 Å². The third kappa shape index (κ3) is 21.3. The Morgan fingerprint density at radius 1 is 0.650 bits per heavy atom. The summed E-state index contributed by atoms with van der Waals surface area (Å²) < 4.78 is 0. The maximum absolute atomic E-state index is 10.3. The summed E-state index contributed by atoms with van der Waals surface area (Å²) in [6, 6.07) is 0. The Labute approximate surface area is 163 Å². The van der Waals surface area contributed by atoms with E-state index >= 15 is 0 Å². The number of carboxylic acid groups (broad SMARTS) is 1. The van der Waals surface area contributed by atoms with E-state index in [1.165, 1.54) is 77.0 Å². The van der Waals surface area contributed by atoms with E-state index < -0.39 is 5.97 Å². The van der Waals surface area contributed by atoms with Crippen molar-refractivity contribution < 1.29 is 9.90 Å². The molecule has 0 rings (SSSR count). The van der Waals surface area contributed by atoms with Crippen LogP contribution in [0.5, 0.6) is 0 Å². The standard InChI is InChI=1S/C17H34O2.Sr.2H/c1-2-3-4-5-6-7-8-9-10-11-12-13-14-15-16-17(18)19;;;/h2-16H2,1H3,(H,18,19);;;. The summed E-state index contributed by atoms with van der Waals surface area (Å²) in [6.45, 7) is 2.27. The molecule has 0 amide bonds. The van der Waals surface area contributed by atoms with E-state index in [9.17, 15) is 4.79 Å². The molecule has 0 saturated carbocycles. The molecule has 0 radical (unpaired) electrons. The molecule has 0 bridgehead atoms. The van der Waals surface area contributed by atoms with Crippen LogP contribution >= 0.6 is 0 Å². The van der Waals surface area contributed by atoms with Crippen LogP contribution in [-0.2, 0) is 4.79 Å². The normalized spacial score (nSPS) is 10.2. The Kier molecular flexibility index (Phi) is 23.2. The molecule has 1 N–H and O–H groups in total. The van der Waals surface area contributed by atoms with E-state index in [1.807, 2.05) is 0 Å². The second-order valence-corrected chi connectivity index (χ2v) is 5.74. The van der Waals surface area contributed by atoms with Gasteiger partial charge in [-0.15, -0.1) is 0 Å². The van der Waals surface area contributed by atoms with E-state index in [0.29, 0.717) is 6.42 Å². The number of rotatable bonds is 15. The van der Waals surface area contributed by atoms with Crippen LogP contribution in [0.3, 0.4) is 0 Å². The zero-order chi connectivity index (χ0) is 14.2. The average molecular weight is 360 g/mol. The first-order chi connectivity index (χ1) is 9.27. The zero-order valence-electron chi connectivity index (χ0n) is 13.0. The first kappa shape index (κ1) is 23.2. The Hall–Kier alpha value is 0.951. The molecule has 20 heavy (non-hydrogen) atoms. The predicted molar refractivity (Wildman–Crippen MR) is 91.1 cm³/mol. The number of hydrogen-bond donors (Lipinski definition) is 1. The Morgan fingerprint density at radius 3 is 1.25 bits per heavy atom. The summed E-state index contributed by atoms with van der Waals surface area (Å²) >= 11 is 0. The minimum atomic E-state index is -0.654. The summed E-state index contributed by atoms with van der Waals surface area (Å²) in [7, 11) is 0. The molecule has 0 aromatic rings. The molecule has 0 aromatic heterocycles. The molecular weight excluding hydrogens is 324 g/mol. The van der Waals surface area contributed by atoms with Crippen LogP contribution in [-0.4, -0.2) is 56.6 Å². The molecule has 0 fully saturated rings. The van der Waals surface area contributed by atoms with E-state index in [4.69, 9.17) is 5.11 Å². The van der Waals surface area contributed by atoms with Crippen molar-refractivity contribution in [3.05, 3.63) is 0 Å². The van der Waals surface area contributed by atoms with Crippen molar-refractivity contribution in [3.63, 3.8) is 0 Å². The zero-order valence-corrected chi connectivity index (χ0v) is 13.0. The molecule has 0 atom stereocenters. The summed E-state index contributed by atoms with van der Waals surface area (Å²) in [5.41, 5.74) is 0. The van der Waals surface area contributed by atoms with Crippen LogP contribution in [0.15, 0.2) is 0 Å². The van der Waals surface area contributed by atoms with Crippen LogP contribution in [0.25, 0.3) is 0 Å². The van der Waals surface area contributed by atoms with Crippen molar-refractivity contribution in [2.75, 3.05) is 0 Å². The SMILES string of the molecule is CCCCCCCCCCCCCCCCC(=O)O.[SrH2]. The van der Waals surface area contributed by atoms with E-state index in [-0.39, 0.29) is 45.5 Å². The third-order valence-electron chi connectivity index (χ3n) is 3.74. The van der Waals surface area contributed by atoms with Gasteiger partial charge in [0.1, 0.15) is 0 Å². The third-order valence-corrected chi connectivity index (χ3v) is 3.74. The first-order valence-corrected chi connectivity index (χ1v) is 8.49. The maximum atomic E-state index is 10.3. The molecule has 0 saturated heterocycles. The van der Waals surface area contributed by atoms with Gasteiger partial charge in [-0.2, -0.15) is 0 Å². The Morgan fingerprint density at radius 2 is 0.950 bits per heavy atom. The van der Waals surface area contributed by atoms with Gasteiger partial charge in [-0.1, -0.05) is 90.4 Å². The van der Waals surface area contributed by atoms with Gasteiger partial charge in [0.05, 0.1) is 0 Å². The molecule has 0 aliphatic rings. The van der Waals surface area contributed by atoms with Gasteiger partial charge in [-0.3, -0.25) is 4.79 Å². The van der Waals surface area contributed by atoms with Crippen molar-refractivity contribution >= 4 is 51.5 Å². The molecular formula is C17H36O2Sr. The van der Waals surface area contributed by atoms with Gasteiger partial charge in [-0.25, -0.2) is 0 Å². The second-order valence-electron chi connectivity index (χ2n) is 5.74. The van der Waals surface area contributed by atoms with Crippen molar-refractivity contribution in [1.29, 1.82) is 0 Å². The molecule has 118 valence electrons. The van der Waals surface area contributed by atoms with Gasteiger partial charge in [0.2, 0.25) is 0 Å². The van der Waals surface area contributed by atoms with E-state index in [0.717, 1.165) is 12.8 Å². The number of carboxylic acids is 1. The fraction of sp³-hybridized carbons (Fsp3) is 0.941. The van der Waals surface area contributed by atoms with Crippen molar-refractivity contribution in [2.45, 2.75) is 103 Å². The Balaban J connectivity index is 0. The fourth-order valence-electron chi connectivity index (χ4n) is 2.47. The molecule has 0 unspecified atom stereocenters. The number of unbranched alkanes of at least 4 members (excludes halogenated alkanes) is 13. The monoisotopic (exact) mass is 360 g/mol. The molecule has 0 spiro atoms. The van der Waals surface area contributed by atoms with Crippen LogP contribution in [0, 0.1) is 0 Å². The minimum absolute atomic E-state index is 0. The van der Waals surface area contributed by atoms with Crippen LogP contribution in [0.1, 0.15) is 103 Å². The molecule has 0 aromatic carbocycles. The quantitative estimate of drug-likeness (QED) is 0.329. The van der Waals surface area contributed by atoms with E-state index in [2.05, 4.69) is 6.92 Å². The molecule has 0 aliphatic carbocycles.